The van der Waals surface area contributed by atoms with E-state index in [4.69, 9.17) is 10.5 Å². The molecule has 0 N–H and O–H groups in total. The van der Waals surface area contributed by atoms with E-state index in [1.54, 1.807) is 0 Å². The third kappa shape index (κ3) is 3.46. The van der Waals surface area contributed by atoms with Gasteiger partial charge in [0.25, 0.3) is 0 Å². The molecule has 0 aliphatic heterocycles. The number of nitrogens with zero attached hydrogens (tertiary/aromatic N) is 2. The zero-order valence-corrected chi connectivity index (χ0v) is 11.3. The Kier molecular flexibility index (Phi) is 4.93. The lowest BCUT2D eigenvalue weighted by molar-refractivity contribution is 0.732. The Labute approximate surface area is 119 Å². The van der Waals surface area contributed by atoms with Crippen molar-refractivity contribution >= 4 is 0 Å². The summed E-state index contributed by atoms with van der Waals surface area (Å²) in [4.78, 5) is 0. The highest BCUT2D eigenvalue weighted by Gasteiger charge is 2.03. The van der Waals surface area contributed by atoms with Crippen LogP contribution < -0.4 is 0 Å². The van der Waals surface area contributed by atoms with Crippen molar-refractivity contribution in [2.75, 3.05) is 0 Å². The first-order chi connectivity index (χ1) is 9.85. The van der Waals surface area contributed by atoms with Crippen molar-refractivity contribution in [2.45, 2.75) is 25.7 Å². The summed E-state index contributed by atoms with van der Waals surface area (Å²) in [6.45, 7) is 0. The van der Waals surface area contributed by atoms with Gasteiger partial charge in [0.1, 0.15) is 0 Å². The van der Waals surface area contributed by atoms with E-state index in [-0.39, 0.29) is 0 Å². The van der Waals surface area contributed by atoms with E-state index in [9.17, 15) is 0 Å². The molecule has 0 aromatic heterocycles. The first kappa shape index (κ1) is 13.8. The highest BCUT2D eigenvalue weighted by atomic mass is 14.2. The van der Waals surface area contributed by atoms with Crippen molar-refractivity contribution < 1.29 is 0 Å². The normalized spacial score (nSPS) is 9.70. The molecule has 0 spiro atoms. The average Bonchev–Trinajstić information content (AvgIpc) is 2.52. The van der Waals surface area contributed by atoms with Gasteiger partial charge in [-0.2, -0.15) is 10.5 Å². The van der Waals surface area contributed by atoms with Crippen molar-refractivity contribution in [3.05, 3.63) is 70.8 Å². The molecule has 0 amide bonds. The molecule has 2 heteroatoms. The van der Waals surface area contributed by atoms with Crippen molar-refractivity contribution in [3.8, 4) is 12.1 Å². The minimum atomic E-state index is 0.768. The molecule has 0 aliphatic rings. The van der Waals surface area contributed by atoms with Gasteiger partial charge in [0.05, 0.1) is 23.3 Å². The van der Waals surface area contributed by atoms with E-state index >= 15 is 0 Å². The highest BCUT2D eigenvalue weighted by molar-refractivity contribution is 5.38. The lowest BCUT2D eigenvalue weighted by Crippen LogP contribution is -1.94. The summed E-state index contributed by atoms with van der Waals surface area (Å²) < 4.78 is 0. The Morgan fingerprint density at radius 1 is 0.650 bits per heavy atom. The van der Waals surface area contributed by atoms with E-state index in [0.29, 0.717) is 0 Å². The maximum absolute atomic E-state index is 9.04. The fraction of sp³-hybridized carbons (Fsp3) is 0.222. The first-order valence-corrected chi connectivity index (χ1v) is 6.81. The van der Waals surface area contributed by atoms with Crippen LogP contribution in [0.25, 0.3) is 0 Å². The van der Waals surface area contributed by atoms with Crippen LogP contribution in [0.3, 0.4) is 0 Å². The van der Waals surface area contributed by atoms with Gasteiger partial charge in [-0.3, -0.25) is 0 Å². The molecule has 98 valence electrons. The quantitative estimate of drug-likeness (QED) is 0.763. The van der Waals surface area contributed by atoms with E-state index in [0.717, 1.165) is 47.9 Å². The molecule has 20 heavy (non-hydrogen) atoms. The number of hydrogen-bond acceptors (Lipinski definition) is 2. The van der Waals surface area contributed by atoms with Crippen LogP contribution in [-0.2, 0) is 12.8 Å². The second-order valence-corrected chi connectivity index (χ2v) is 4.75. The third-order valence-corrected chi connectivity index (χ3v) is 3.42. The summed E-state index contributed by atoms with van der Waals surface area (Å²) in [6.07, 6.45) is 3.88. The van der Waals surface area contributed by atoms with Gasteiger partial charge < -0.3 is 0 Å². The van der Waals surface area contributed by atoms with Crippen molar-refractivity contribution in [3.63, 3.8) is 0 Å². The van der Waals surface area contributed by atoms with Crippen LogP contribution in [0.1, 0.15) is 35.1 Å². The SMILES string of the molecule is N#Cc1ccccc1CCCCc1ccccc1C#N. The Morgan fingerprint density at radius 3 is 1.45 bits per heavy atom. The molecule has 0 fully saturated rings. The molecule has 0 saturated heterocycles. The molecule has 0 saturated carbocycles. The van der Waals surface area contributed by atoms with Gasteiger partial charge >= 0.3 is 0 Å². The molecule has 0 radical (unpaired) electrons. The maximum Gasteiger partial charge on any atom is 0.0994 e. The predicted octanol–water partition coefficient (Wildman–Crippen LogP) is 4.00. The number of rotatable bonds is 5. The molecule has 2 aromatic carbocycles. The van der Waals surface area contributed by atoms with Gasteiger partial charge in [-0.25, -0.2) is 0 Å². The van der Waals surface area contributed by atoms with Gasteiger partial charge in [-0.15, -0.1) is 0 Å². The standard InChI is InChI=1S/C18H16N2/c19-13-17-11-5-3-9-15(17)7-1-2-8-16-10-4-6-12-18(16)14-20/h3-6,9-12H,1-2,7-8H2. The average molecular weight is 260 g/mol. The molecule has 0 unspecified atom stereocenters. The number of unbranched alkanes of at least 4 members (excludes halogenated alkanes) is 1. The smallest absolute Gasteiger partial charge is 0.0994 e. The Balaban J connectivity index is 1.88. The van der Waals surface area contributed by atoms with Crippen LogP contribution in [0, 0.1) is 22.7 Å². The molecule has 0 heterocycles. The summed E-state index contributed by atoms with van der Waals surface area (Å²) in [5.41, 5.74) is 3.77. The molecule has 2 rings (SSSR count). The maximum atomic E-state index is 9.04. The summed E-state index contributed by atoms with van der Waals surface area (Å²) in [6, 6.07) is 19.9. The molecule has 0 atom stereocenters. The van der Waals surface area contributed by atoms with E-state index in [1.165, 1.54) is 0 Å². The molecule has 0 bridgehead atoms. The Bertz CT molecular complexity index is 600. The van der Waals surface area contributed by atoms with Crippen LogP contribution in [0.5, 0.6) is 0 Å². The van der Waals surface area contributed by atoms with Crippen LogP contribution in [0.15, 0.2) is 48.5 Å². The summed E-state index contributed by atoms with van der Waals surface area (Å²) in [5, 5.41) is 18.1. The summed E-state index contributed by atoms with van der Waals surface area (Å²) in [7, 11) is 0. The third-order valence-electron chi connectivity index (χ3n) is 3.42. The molecule has 0 aliphatic carbocycles. The lowest BCUT2D eigenvalue weighted by atomic mass is 9.99. The fourth-order valence-corrected chi connectivity index (χ4v) is 2.33. The monoisotopic (exact) mass is 260 g/mol. The highest BCUT2D eigenvalue weighted by Crippen LogP contribution is 2.14. The van der Waals surface area contributed by atoms with Gasteiger partial charge in [0, 0.05) is 0 Å². The Hall–Kier alpha value is -2.58. The second kappa shape index (κ2) is 7.12. The van der Waals surface area contributed by atoms with Crippen LogP contribution in [-0.4, -0.2) is 0 Å². The topological polar surface area (TPSA) is 47.6 Å². The van der Waals surface area contributed by atoms with E-state index in [2.05, 4.69) is 12.1 Å². The Morgan fingerprint density at radius 2 is 1.05 bits per heavy atom. The first-order valence-electron chi connectivity index (χ1n) is 6.81. The number of nitriles is 2. The number of hydrogen-bond donors (Lipinski definition) is 0. The summed E-state index contributed by atoms with van der Waals surface area (Å²) in [5.74, 6) is 0. The number of aryl methyl sites for hydroxylation is 2. The lowest BCUT2D eigenvalue weighted by Gasteiger charge is -2.05. The zero-order chi connectivity index (χ0) is 14.2. The summed E-state index contributed by atoms with van der Waals surface area (Å²) >= 11 is 0. The van der Waals surface area contributed by atoms with E-state index < -0.39 is 0 Å². The van der Waals surface area contributed by atoms with Crippen molar-refractivity contribution in [2.24, 2.45) is 0 Å². The van der Waals surface area contributed by atoms with Crippen LogP contribution in [0.4, 0.5) is 0 Å². The fourth-order valence-electron chi connectivity index (χ4n) is 2.33. The largest absolute Gasteiger partial charge is 0.192 e. The zero-order valence-electron chi connectivity index (χ0n) is 11.3. The molecule has 2 aromatic rings. The minimum absolute atomic E-state index is 0.768. The predicted molar refractivity (Wildman–Crippen MR) is 79.0 cm³/mol. The molecular weight excluding hydrogens is 244 g/mol. The van der Waals surface area contributed by atoms with Gasteiger partial charge in [0.15, 0.2) is 0 Å². The van der Waals surface area contributed by atoms with Gasteiger partial charge in [-0.1, -0.05) is 36.4 Å². The van der Waals surface area contributed by atoms with Crippen molar-refractivity contribution in [1.29, 1.82) is 10.5 Å². The minimum Gasteiger partial charge on any atom is -0.192 e. The van der Waals surface area contributed by atoms with Crippen LogP contribution in [0.2, 0.25) is 0 Å². The second-order valence-electron chi connectivity index (χ2n) is 4.75. The molecule has 2 nitrogen and oxygen atoms in total. The van der Waals surface area contributed by atoms with Gasteiger partial charge in [-0.05, 0) is 48.9 Å². The number of benzene rings is 2. The molecular formula is C18H16N2. The van der Waals surface area contributed by atoms with E-state index in [1.807, 2.05) is 48.5 Å². The van der Waals surface area contributed by atoms with Crippen LogP contribution >= 0.6 is 0 Å². The van der Waals surface area contributed by atoms with Crippen molar-refractivity contribution in [1.82, 2.24) is 0 Å². The van der Waals surface area contributed by atoms with Gasteiger partial charge in [0.2, 0.25) is 0 Å².